The molecule has 2 heterocycles. The maximum absolute atomic E-state index is 8.79. The highest BCUT2D eigenvalue weighted by Crippen LogP contribution is 2.33. The van der Waals surface area contributed by atoms with Crippen LogP contribution in [0.15, 0.2) is 42.7 Å². The Labute approximate surface area is 157 Å². The van der Waals surface area contributed by atoms with Crippen LogP contribution in [0.5, 0.6) is 5.75 Å². The van der Waals surface area contributed by atoms with Crippen molar-refractivity contribution in [1.82, 2.24) is 20.2 Å². The SMILES string of the molecule is N#Cc1cnc(Nc2cc(-c3ccccc3OC3CCCCC3)[nH]n2)cn1. The second-order valence-corrected chi connectivity index (χ2v) is 6.56. The third-order valence-corrected chi connectivity index (χ3v) is 4.62. The Balaban J connectivity index is 1.51. The van der Waals surface area contributed by atoms with E-state index in [0.29, 0.717) is 11.6 Å². The van der Waals surface area contributed by atoms with Crippen LogP contribution in [-0.2, 0) is 0 Å². The smallest absolute Gasteiger partial charge is 0.158 e. The van der Waals surface area contributed by atoms with E-state index in [1.807, 2.05) is 36.4 Å². The van der Waals surface area contributed by atoms with Gasteiger partial charge in [0.1, 0.15) is 17.6 Å². The van der Waals surface area contributed by atoms with E-state index in [1.54, 1.807) is 0 Å². The lowest BCUT2D eigenvalue weighted by molar-refractivity contribution is 0.155. The number of rotatable bonds is 5. The lowest BCUT2D eigenvalue weighted by Crippen LogP contribution is -2.19. The normalized spacial score (nSPS) is 14.5. The molecule has 1 aromatic carbocycles. The molecule has 0 radical (unpaired) electrons. The molecule has 0 spiro atoms. The number of nitrogens with zero attached hydrogens (tertiary/aromatic N) is 4. The number of benzene rings is 1. The van der Waals surface area contributed by atoms with Gasteiger partial charge in [0.05, 0.1) is 24.2 Å². The van der Waals surface area contributed by atoms with Crippen molar-refractivity contribution in [3.05, 3.63) is 48.4 Å². The number of H-pyrrole nitrogens is 1. The number of nitrogens with one attached hydrogen (secondary N) is 2. The molecule has 7 heteroatoms. The second kappa shape index (κ2) is 7.87. The van der Waals surface area contributed by atoms with Gasteiger partial charge in [0.15, 0.2) is 11.5 Å². The van der Waals surface area contributed by atoms with Crippen LogP contribution in [0.4, 0.5) is 11.6 Å². The maximum atomic E-state index is 8.79. The summed E-state index contributed by atoms with van der Waals surface area (Å²) in [5.41, 5.74) is 2.12. The minimum Gasteiger partial charge on any atom is -0.490 e. The van der Waals surface area contributed by atoms with E-state index in [2.05, 4.69) is 25.5 Å². The molecule has 1 aliphatic rings. The summed E-state index contributed by atoms with van der Waals surface area (Å²) in [4.78, 5) is 8.14. The third kappa shape index (κ3) is 4.06. The summed E-state index contributed by atoms with van der Waals surface area (Å²) in [6.07, 6.45) is 9.20. The first-order valence-electron chi connectivity index (χ1n) is 9.12. The molecule has 4 rings (SSSR count). The van der Waals surface area contributed by atoms with Crippen LogP contribution in [0.2, 0.25) is 0 Å². The molecule has 0 atom stereocenters. The van der Waals surface area contributed by atoms with E-state index >= 15 is 0 Å². The molecule has 0 unspecified atom stereocenters. The molecular formula is C20H20N6O. The number of ether oxygens (including phenoxy) is 1. The summed E-state index contributed by atoms with van der Waals surface area (Å²) in [5.74, 6) is 2.02. The molecule has 136 valence electrons. The van der Waals surface area contributed by atoms with E-state index in [1.165, 1.54) is 31.7 Å². The van der Waals surface area contributed by atoms with Crippen LogP contribution in [0, 0.1) is 11.3 Å². The molecule has 27 heavy (non-hydrogen) atoms. The highest BCUT2D eigenvalue weighted by molar-refractivity contribution is 5.70. The molecule has 0 amide bonds. The first kappa shape index (κ1) is 17.0. The van der Waals surface area contributed by atoms with Crippen LogP contribution in [0.1, 0.15) is 37.8 Å². The van der Waals surface area contributed by atoms with Gasteiger partial charge >= 0.3 is 0 Å². The van der Waals surface area contributed by atoms with Crippen LogP contribution in [0.3, 0.4) is 0 Å². The Bertz CT molecular complexity index is 938. The molecule has 2 N–H and O–H groups in total. The molecule has 0 aliphatic heterocycles. The van der Waals surface area contributed by atoms with E-state index in [-0.39, 0.29) is 11.8 Å². The standard InChI is InChI=1S/C20H20N6O/c21-11-14-12-23-20(13-22-14)24-19-10-17(25-26-19)16-8-4-5-9-18(16)27-15-6-2-1-3-7-15/h4-5,8-10,12-13,15H,1-3,6-7H2,(H2,23,24,25,26). The minimum atomic E-state index is 0.275. The molecule has 2 aromatic heterocycles. The van der Waals surface area contributed by atoms with Gasteiger partial charge < -0.3 is 10.1 Å². The van der Waals surface area contributed by atoms with Gasteiger partial charge in [-0.05, 0) is 37.8 Å². The van der Waals surface area contributed by atoms with E-state index in [9.17, 15) is 0 Å². The fourth-order valence-electron chi connectivity index (χ4n) is 3.26. The monoisotopic (exact) mass is 360 g/mol. The van der Waals surface area contributed by atoms with E-state index < -0.39 is 0 Å². The number of aromatic amines is 1. The van der Waals surface area contributed by atoms with Crippen LogP contribution < -0.4 is 10.1 Å². The fourth-order valence-corrected chi connectivity index (χ4v) is 3.26. The van der Waals surface area contributed by atoms with Gasteiger partial charge in [0, 0.05) is 11.6 Å². The van der Waals surface area contributed by atoms with Crippen LogP contribution in [-0.4, -0.2) is 26.3 Å². The predicted molar refractivity (Wildman–Crippen MR) is 102 cm³/mol. The van der Waals surface area contributed by atoms with Crippen LogP contribution in [0.25, 0.3) is 11.3 Å². The average molecular weight is 360 g/mol. The predicted octanol–water partition coefficient (Wildman–Crippen LogP) is 4.19. The molecule has 7 nitrogen and oxygen atoms in total. The fraction of sp³-hybridized carbons (Fsp3) is 0.300. The summed E-state index contributed by atoms with van der Waals surface area (Å²) in [5, 5.41) is 19.2. The van der Waals surface area contributed by atoms with Crippen molar-refractivity contribution >= 4 is 11.6 Å². The summed E-state index contributed by atoms with van der Waals surface area (Å²) in [6.45, 7) is 0. The van der Waals surface area contributed by atoms with E-state index in [0.717, 1.165) is 29.8 Å². The summed E-state index contributed by atoms with van der Waals surface area (Å²) in [6, 6.07) is 11.9. The quantitative estimate of drug-likeness (QED) is 0.707. The van der Waals surface area contributed by atoms with Crippen molar-refractivity contribution in [1.29, 1.82) is 5.26 Å². The number of nitriles is 1. The van der Waals surface area contributed by atoms with Gasteiger partial charge in [0.2, 0.25) is 0 Å². The maximum Gasteiger partial charge on any atom is 0.158 e. The molecule has 3 aromatic rings. The van der Waals surface area contributed by atoms with Crippen LogP contribution >= 0.6 is 0 Å². The Morgan fingerprint density at radius 3 is 2.70 bits per heavy atom. The first-order valence-corrected chi connectivity index (χ1v) is 9.12. The Morgan fingerprint density at radius 2 is 1.93 bits per heavy atom. The number of para-hydroxylation sites is 1. The minimum absolute atomic E-state index is 0.275. The molecule has 1 aliphatic carbocycles. The number of hydrogen-bond acceptors (Lipinski definition) is 6. The zero-order chi connectivity index (χ0) is 18.5. The van der Waals surface area contributed by atoms with Gasteiger partial charge in [-0.1, -0.05) is 18.6 Å². The van der Waals surface area contributed by atoms with Crippen molar-refractivity contribution in [2.75, 3.05) is 5.32 Å². The van der Waals surface area contributed by atoms with Gasteiger partial charge in [-0.25, -0.2) is 9.97 Å². The van der Waals surface area contributed by atoms with Crippen molar-refractivity contribution in [3.8, 4) is 23.1 Å². The van der Waals surface area contributed by atoms with Gasteiger partial charge in [0.25, 0.3) is 0 Å². The van der Waals surface area contributed by atoms with Crippen molar-refractivity contribution < 1.29 is 4.74 Å². The first-order chi connectivity index (χ1) is 13.3. The lowest BCUT2D eigenvalue weighted by atomic mass is 9.97. The highest BCUT2D eigenvalue weighted by Gasteiger charge is 2.17. The molecule has 0 saturated heterocycles. The Kier molecular flexibility index (Phi) is 4.97. The third-order valence-electron chi connectivity index (χ3n) is 4.62. The zero-order valence-corrected chi connectivity index (χ0v) is 14.9. The summed E-state index contributed by atoms with van der Waals surface area (Å²) < 4.78 is 6.27. The molecular weight excluding hydrogens is 340 g/mol. The zero-order valence-electron chi connectivity index (χ0n) is 14.9. The molecule has 0 bridgehead atoms. The van der Waals surface area contributed by atoms with Gasteiger partial charge in [-0.2, -0.15) is 10.4 Å². The largest absolute Gasteiger partial charge is 0.490 e. The van der Waals surface area contributed by atoms with Crippen molar-refractivity contribution in [2.24, 2.45) is 0 Å². The molecule has 1 fully saturated rings. The highest BCUT2D eigenvalue weighted by atomic mass is 16.5. The van der Waals surface area contributed by atoms with Gasteiger partial charge in [-0.15, -0.1) is 0 Å². The summed E-state index contributed by atoms with van der Waals surface area (Å²) in [7, 11) is 0. The lowest BCUT2D eigenvalue weighted by Gasteiger charge is -2.24. The summed E-state index contributed by atoms with van der Waals surface area (Å²) >= 11 is 0. The van der Waals surface area contributed by atoms with Gasteiger partial charge in [-0.3, -0.25) is 5.10 Å². The Morgan fingerprint density at radius 1 is 1.07 bits per heavy atom. The molecule has 1 saturated carbocycles. The van der Waals surface area contributed by atoms with Crippen molar-refractivity contribution in [3.63, 3.8) is 0 Å². The van der Waals surface area contributed by atoms with Crippen molar-refractivity contribution in [2.45, 2.75) is 38.2 Å². The number of anilines is 2. The van der Waals surface area contributed by atoms with E-state index in [4.69, 9.17) is 10.00 Å². The number of hydrogen-bond donors (Lipinski definition) is 2. The second-order valence-electron chi connectivity index (χ2n) is 6.56. The topological polar surface area (TPSA) is 99.5 Å². The Hall–Kier alpha value is -3.40. The number of aromatic nitrogens is 4. The average Bonchev–Trinajstić information content (AvgIpc) is 3.18.